The number of hydrogen-bond acceptors (Lipinski definition) is 7. The van der Waals surface area contributed by atoms with Gasteiger partial charge in [-0.1, -0.05) is 6.07 Å². The van der Waals surface area contributed by atoms with Crippen molar-refractivity contribution in [1.29, 1.82) is 0 Å². The normalized spacial score (nSPS) is 10.8. The van der Waals surface area contributed by atoms with Crippen LogP contribution in [0.4, 0.5) is 0 Å². The Morgan fingerprint density at radius 1 is 0.594 bits per heavy atom. The summed E-state index contributed by atoms with van der Waals surface area (Å²) in [6.45, 7) is 0. The molecule has 0 aliphatic heterocycles. The predicted molar refractivity (Wildman–Crippen MR) is 128 cm³/mol. The van der Waals surface area contributed by atoms with Gasteiger partial charge in [0.05, 0.1) is 32.5 Å². The first-order chi connectivity index (χ1) is 15.7. The summed E-state index contributed by atoms with van der Waals surface area (Å²) in [6.07, 6.45) is 5.19. The molecule has 0 bridgehead atoms. The number of carbonyl (C=O) groups is 2. The van der Waals surface area contributed by atoms with Crippen LogP contribution in [0.3, 0.4) is 0 Å². The van der Waals surface area contributed by atoms with Crippen LogP contribution in [0.15, 0.2) is 79.1 Å². The molecule has 32 heavy (non-hydrogen) atoms. The van der Waals surface area contributed by atoms with E-state index in [9.17, 15) is 9.59 Å². The molecule has 5 aromatic heterocycles. The van der Waals surface area contributed by atoms with Gasteiger partial charge in [-0.3, -0.25) is 19.6 Å². The van der Waals surface area contributed by atoms with Gasteiger partial charge in [0.15, 0.2) is 12.6 Å². The van der Waals surface area contributed by atoms with E-state index in [4.69, 9.17) is 4.98 Å². The summed E-state index contributed by atoms with van der Waals surface area (Å²) in [4.78, 5) is 39.4. The van der Waals surface area contributed by atoms with Crippen molar-refractivity contribution in [3.8, 4) is 43.7 Å². The highest BCUT2D eigenvalue weighted by Crippen LogP contribution is 2.34. The van der Waals surface area contributed by atoms with Crippen LogP contribution in [0.2, 0.25) is 0 Å². The van der Waals surface area contributed by atoms with Gasteiger partial charge in [0.2, 0.25) is 0 Å². The topological polar surface area (TPSA) is 72.8 Å². The Kier molecular flexibility index (Phi) is 5.49. The highest BCUT2D eigenvalue weighted by molar-refractivity contribution is 7.17. The fraction of sp³-hybridized carbons (Fsp3) is 0. The van der Waals surface area contributed by atoms with Crippen molar-refractivity contribution in [3.63, 3.8) is 0 Å². The summed E-state index contributed by atoms with van der Waals surface area (Å²) in [5, 5.41) is 0. The third-order valence-electron chi connectivity index (χ3n) is 4.83. The fourth-order valence-electron chi connectivity index (χ4n) is 3.32. The van der Waals surface area contributed by atoms with Crippen LogP contribution in [-0.2, 0) is 0 Å². The Balaban J connectivity index is 1.64. The largest absolute Gasteiger partial charge is 0.297 e. The van der Waals surface area contributed by atoms with Gasteiger partial charge in [-0.05, 0) is 71.8 Å². The number of thiophene rings is 2. The molecule has 0 aliphatic carbocycles. The number of hydrogen-bond donors (Lipinski definition) is 0. The smallest absolute Gasteiger partial charge is 0.160 e. The molecule has 0 fully saturated rings. The molecule has 0 aliphatic rings. The summed E-state index contributed by atoms with van der Waals surface area (Å²) in [7, 11) is 0. The van der Waals surface area contributed by atoms with Crippen molar-refractivity contribution >= 4 is 35.2 Å². The quantitative estimate of drug-likeness (QED) is 0.283. The summed E-state index contributed by atoms with van der Waals surface area (Å²) in [5.74, 6) is 0. The van der Waals surface area contributed by atoms with E-state index in [1.807, 2.05) is 66.7 Å². The standard InChI is InChI=1S/C25H15N3O2S2/c29-14-18-4-6-24(31-18)16-8-10-27-21(11-16)23-13-17(25-7-5-19(15-30)32-25)12-22(28-23)20-3-1-2-9-26-20/h1-15H. The molecule has 0 saturated heterocycles. The van der Waals surface area contributed by atoms with Crippen molar-refractivity contribution in [3.05, 3.63) is 88.9 Å². The van der Waals surface area contributed by atoms with Crippen molar-refractivity contribution in [2.24, 2.45) is 0 Å². The maximum Gasteiger partial charge on any atom is 0.160 e. The first-order valence-corrected chi connectivity index (χ1v) is 11.4. The first kappa shape index (κ1) is 20.1. The minimum Gasteiger partial charge on any atom is -0.297 e. The molecule has 0 unspecified atom stereocenters. The lowest BCUT2D eigenvalue weighted by molar-refractivity contribution is 0.111. The van der Waals surface area contributed by atoms with E-state index in [1.54, 1.807) is 12.4 Å². The van der Waals surface area contributed by atoms with Gasteiger partial charge in [0, 0.05) is 22.1 Å². The van der Waals surface area contributed by atoms with Crippen molar-refractivity contribution in [2.45, 2.75) is 0 Å². The van der Waals surface area contributed by atoms with Crippen molar-refractivity contribution in [1.82, 2.24) is 15.0 Å². The van der Waals surface area contributed by atoms with Gasteiger partial charge in [-0.25, -0.2) is 4.98 Å². The monoisotopic (exact) mass is 453 g/mol. The van der Waals surface area contributed by atoms with Crippen LogP contribution >= 0.6 is 22.7 Å². The second-order valence-corrected chi connectivity index (χ2v) is 9.14. The first-order valence-electron chi connectivity index (χ1n) is 9.74. The Bertz CT molecular complexity index is 1420. The Hall–Kier alpha value is -3.81. The molecule has 0 radical (unpaired) electrons. The summed E-state index contributed by atoms with van der Waals surface area (Å²) in [6, 6.07) is 21.0. The average Bonchev–Trinajstić information content (AvgIpc) is 3.54. The summed E-state index contributed by atoms with van der Waals surface area (Å²) in [5.41, 5.74) is 4.82. The second-order valence-electron chi connectivity index (χ2n) is 6.91. The van der Waals surface area contributed by atoms with Crippen LogP contribution < -0.4 is 0 Å². The zero-order valence-corrected chi connectivity index (χ0v) is 18.3. The van der Waals surface area contributed by atoms with E-state index in [0.717, 1.165) is 50.5 Å². The minimum atomic E-state index is 0.668. The second kappa shape index (κ2) is 8.74. The molecule has 5 rings (SSSR count). The van der Waals surface area contributed by atoms with Crippen LogP contribution in [0, 0.1) is 0 Å². The Morgan fingerprint density at radius 3 is 1.84 bits per heavy atom. The molecule has 7 heteroatoms. The van der Waals surface area contributed by atoms with Crippen LogP contribution in [0.25, 0.3) is 43.7 Å². The van der Waals surface area contributed by atoms with Crippen LogP contribution in [0.5, 0.6) is 0 Å². The number of carbonyl (C=O) groups excluding carboxylic acids is 2. The third-order valence-corrected chi connectivity index (χ3v) is 6.95. The number of nitrogens with zero attached hydrogens (tertiary/aromatic N) is 3. The third kappa shape index (κ3) is 4.03. The number of aldehydes is 2. The molecule has 0 amide bonds. The molecule has 0 N–H and O–H groups in total. The SMILES string of the molecule is O=Cc1ccc(-c2ccnc(-c3cc(-c4ccc(C=O)s4)cc(-c4ccccn4)n3)c2)s1. The van der Waals surface area contributed by atoms with E-state index in [2.05, 4.69) is 9.97 Å². The molecule has 154 valence electrons. The number of rotatable bonds is 6. The highest BCUT2D eigenvalue weighted by Gasteiger charge is 2.13. The highest BCUT2D eigenvalue weighted by atomic mass is 32.1. The van der Waals surface area contributed by atoms with Gasteiger partial charge >= 0.3 is 0 Å². The zero-order chi connectivity index (χ0) is 21.9. The maximum absolute atomic E-state index is 11.2. The van der Waals surface area contributed by atoms with E-state index >= 15 is 0 Å². The molecule has 0 aromatic carbocycles. The molecular formula is C25H15N3O2S2. The van der Waals surface area contributed by atoms with Gasteiger partial charge in [0.1, 0.15) is 0 Å². The van der Waals surface area contributed by atoms with Crippen LogP contribution in [0.1, 0.15) is 19.3 Å². The lowest BCUT2D eigenvalue weighted by Crippen LogP contribution is -1.93. The van der Waals surface area contributed by atoms with E-state index < -0.39 is 0 Å². The molecule has 5 aromatic rings. The lowest BCUT2D eigenvalue weighted by Gasteiger charge is -2.09. The molecule has 0 atom stereocenters. The minimum absolute atomic E-state index is 0.668. The van der Waals surface area contributed by atoms with Crippen LogP contribution in [-0.4, -0.2) is 27.5 Å². The van der Waals surface area contributed by atoms with Crippen molar-refractivity contribution in [2.75, 3.05) is 0 Å². The number of pyridine rings is 3. The molecular weight excluding hydrogens is 438 g/mol. The molecule has 0 spiro atoms. The zero-order valence-electron chi connectivity index (χ0n) is 16.6. The van der Waals surface area contributed by atoms with Crippen molar-refractivity contribution < 1.29 is 9.59 Å². The molecule has 0 saturated carbocycles. The van der Waals surface area contributed by atoms with Gasteiger partial charge < -0.3 is 0 Å². The molecule has 5 heterocycles. The number of aromatic nitrogens is 3. The van der Waals surface area contributed by atoms with E-state index in [1.165, 1.54) is 22.7 Å². The fourth-order valence-corrected chi connectivity index (χ4v) is 4.95. The maximum atomic E-state index is 11.2. The van der Waals surface area contributed by atoms with E-state index in [-0.39, 0.29) is 0 Å². The lowest BCUT2D eigenvalue weighted by atomic mass is 10.1. The summed E-state index contributed by atoms with van der Waals surface area (Å²) < 4.78 is 0. The average molecular weight is 454 g/mol. The van der Waals surface area contributed by atoms with Gasteiger partial charge in [-0.15, -0.1) is 22.7 Å². The summed E-state index contributed by atoms with van der Waals surface area (Å²) >= 11 is 2.87. The molecule has 5 nitrogen and oxygen atoms in total. The van der Waals surface area contributed by atoms with Gasteiger partial charge in [0.25, 0.3) is 0 Å². The Morgan fingerprint density at radius 2 is 1.22 bits per heavy atom. The van der Waals surface area contributed by atoms with E-state index in [0.29, 0.717) is 15.4 Å². The predicted octanol–water partition coefficient (Wildman–Crippen LogP) is 6.29. The van der Waals surface area contributed by atoms with Gasteiger partial charge in [-0.2, -0.15) is 0 Å². The Labute approximate surface area is 192 Å².